The highest BCUT2D eigenvalue weighted by molar-refractivity contribution is 6.20. The molecule has 1 unspecified atom stereocenters. The summed E-state index contributed by atoms with van der Waals surface area (Å²) in [4.78, 5) is 10.3. The first-order valence-corrected chi connectivity index (χ1v) is 3.79. The lowest BCUT2D eigenvalue weighted by atomic mass is 10.3. The maximum absolute atomic E-state index is 10.3. The average molecular weight is 190 g/mol. The largest absolute Gasteiger partial charge is 0.480 e. The molecule has 0 aliphatic heterocycles. The highest BCUT2D eigenvalue weighted by atomic mass is 35.5. The van der Waals surface area contributed by atoms with Gasteiger partial charge in [0.2, 0.25) is 0 Å². The van der Waals surface area contributed by atoms with E-state index in [0.29, 0.717) is 5.69 Å². The van der Waals surface area contributed by atoms with Gasteiger partial charge in [-0.1, -0.05) is 5.21 Å². The van der Waals surface area contributed by atoms with Crippen LogP contribution in [0.4, 0.5) is 0 Å². The number of hydrogen-bond donors (Lipinski definition) is 1. The maximum Gasteiger partial charge on any atom is 0.325 e. The summed E-state index contributed by atoms with van der Waals surface area (Å²) in [5, 5.41) is 15.3. The standard InChI is InChI=1S/C6H8ClN3O2/c1-4(7)5-2-8-9-10(5)3-6(11)12/h2,4H,3H2,1H3,(H,11,12). The van der Waals surface area contributed by atoms with Crippen LogP contribution < -0.4 is 0 Å². The molecule has 1 aromatic rings. The van der Waals surface area contributed by atoms with Gasteiger partial charge in [0.15, 0.2) is 0 Å². The van der Waals surface area contributed by atoms with Crippen molar-refractivity contribution in [2.75, 3.05) is 0 Å². The van der Waals surface area contributed by atoms with E-state index in [0.717, 1.165) is 0 Å². The summed E-state index contributed by atoms with van der Waals surface area (Å²) in [7, 11) is 0. The van der Waals surface area contributed by atoms with E-state index in [4.69, 9.17) is 16.7 Å². The van der Waals surface area contributed by atoms with Crippen molar-refractivity contribution in [3.8, 4) is 0 Å². The van der Waals surface area contributed by atoms with Crippen LogP contribution in [0, 0.1) is 0 Å². The van der Waals surface area contributed by atoms with Crippen LogP contribution in [0.3, 0.4) is 0 Å². The minimum absolute atomic E-state index is 0.202. The molecule has 0 aliphatic carbocycles. The number of carboxylic acid groups (broad SMARTS) is 1. The summed E-state index contributed by atoms with van der Waals surface area (Å²) < 4.78 is 1.26. The van der Waals surface area contributed by atoms with Crippen LogP contribution in [-0.4, -0.2) is 26.1 Å². The molecular weight excluding hydrogens is 182 g/mol. The second-order valence-electron chi connectivity index (χ2n) is 2.33. The highest BCUT2D eigenvalue weighted by Gasteiger charge is 2.11. The van der Waals surface area contributed by atoms with E-state index in [-0.39, 0.29) is 11.9 Å². The van der Waals surface area contributed by atoms with Crippen molar-refractivity contribution in [2.45, 2.75) is 18.8 Å². The van der Waals surface area contributed by atoms with Gasteiger partial charge < -0.3 is 5.11 Å². The summed E-state index contributed by atoms with van der Waals surface area (Å²) in [5.41, 5.74) is 0.610. The van der Waals surface area contributed by atoms with Crippen molar-refractivity contribution in [3.05, 3.63) is 11.9 Å². The number of halogens is 1. The lowest BCUT2D eigenvalue weighted by Crippen LogP contribution is -2.13. The molecule has 0 aromatic carbocycles. The van der Waals surface area contributed by atoms with E-state index in [1.54, 1.807) is 6.92 Å². The number of aliphatic carboxylic acids is 1. The van der Waals surface area contributed by atoms with Crippen LogP contribution in [0.5, 0.6) is 0 Å². The first-order chi connectivity index (χ1) is 5.61. The van der Waals surface area contributed by atoms with E-state index in [1.807, 2.05) is 0 Å². The Morgan fingerprint density at radius 3 is 3.08 bits per heavy atom. The predicted molar refractivity (Wildman–Crippen MR) is 41.9 cm³/mol. The van der Waals surface area contributed by atoms with Crippen molar-refractivity contribution in [1.82, 2.24) is 15.0 Å². The van der Waals surface area contributed by atoms with E-state index in [2.05, 4.69) is 10.3 Å². The number of alkyl halides is 1. The predicted octanol–water partition coefficient (Wildman–Crippen LogP) is 0.662. The smallest absolute Gasteiger partial charge is 0.325 e. The Morgan fingerprint density at radius 2 is 2.58 bits per heavy atom. The van der Waals surface area contributed by atoms with Crippen molar-refractivity contribution in [3.63, 3.8) is 0 Å². The van der Waals surface area contributed by atoms with Crippen LogP contribution >= 0.6 is 11.6 Å². The zero-order chi connectivity index (χ0) is 9.14. The van der Waals surface area contributed by atoms with Crippen molar-refractivity contribution in [1.29, 1.82) is 0 Å². The van der Waals surface area contributed by atoms with Crippen molar-refractivity contribution < 1.29 is 9.90 Å². The van der Waals surface area contributed by atoms with Gasteiger partial charge in [0.05, 0.1) is 17.3 Å². The number of hydrogen-bond acceptors (Lipinski definition) is 3. The van der Waals surface area contributed by atoms with E-state index in [1.165, 1.54) is 10.9 Å². The van der Waals surface area contributed by atoms with Crippen LogP contribution in [0.2, 0.25) is 0 Å². The highest BCUT2D eigenvalue weighted by Crippen LogP contribution is 2.16. The van der Waals surface area contributed by atoms with Gasteiger partial charge in [-0.05, 0) is 6.92 Å². The third-order valence-electron chi connectivity index (χ3n) is 1.34. The van der Waals surface area contributed by atoms with Gasteiger partial charge in [-0.3, -0.25) is 4.79 Å². The molecular formula is C6H8ClN3O2. The summed E-state index contributed by atoms with van der Waals surface area (Å²) in [5.74, 6) is -0.959. The van der Waals surface area contributed by atoms with Gasteiger partial charge >= 0.3 is 5.97 Å². The maximum atomic E-state index is 10.3. The monoisotopic (exact) mass is 189 g/mol. The van der Waals surface area contributed by atoms with Gasteiger partial charge in [-0.2, -0.15) is 0 Å². The molecule has 66 valence electrons. The van der Waals surface area contributed by atoms with E-state index in [9.17, 15) is 4.79 Å². The topological polar surface area (TPSA) is 68.0 Å². The molecule has 0 fully saturated rings. The Kier molecular flexibility index (Phi) is 2.65. The molecule has 0 aliphatic rings. The first kappa shape index (κ1) is 8.99. The zero-order valence-electron chi connectivity index (χ0n) is 6.44. The Balaban J connectivity index is 2.84. The lowest BCUT2D eigenvalue weighted by Gasteiger charge is -2.03. The first-order valence-electron chi connectivity index (χ1n) is 3.35. The summed E-state index contributed by atoms with van der Waals surface area (Å²) in [6.45, 7) is 1.53. The molecule has 6 heteroatoms. The Bertz CT molecular complexity index is 284. The molecule has 0 saturated heterocycles. The molecule has 0 amide bonds. The minimum Gasteiger partial charge on any atom is -0.480 e. The molecule has 0 spiro atoms. The summed E-state index contributed by atoms with van der Waals surface area (Å²) in [6, 6.07) is 0. The fourth-order valence-corrected chi connectivity index (χ4v) is 0.994. The third kappa shape index (κ3) is 1.94. The number of carbonyl (C=O) groups is 1. The molecule has 1 atom stereocenters. The van der Waals surface area contributed by atoms with Gasteiger partial charge in [-0.15, -0.1) is 16.7 Å². The second-order valence-corrected chi connectivity index (χ2v) is 2.98. The van der Waals surface area contributed by atoms with E-state index >= 15 is 0 Å². The Hall–Kier alpha value is -1.10. The summed E-state index contributed by atoms with van der Waals surface area (Å²) >= 11 is 5.74. The van der Waals surface area contributed by atoms with E-state index < -0.39 is 5.97 Å². The number of rotatable bonds is 3. The molecule has 1 aromatic heterocycles. The van der Waals surface area contributed by atoms with Gasteiger partial charge in [0.25, 0.3) is 0 Å². The molecule has 1 N–H and O–H groups in total. The average Bonchev–Trinajstić information content (AvgIpc) is 2.33. The number of carboxylic acids is 1. The van der Waals surface area contributed by atoms with Crippen molar-refractivity contribution in [2.24, 2.45) is 0 Å². The van der Waals surface area contributed by atoms with Gasteiger partial charge in [0.1, 0.15) is 6.54 Å². The fourth-order valence-electron chi connectivity index (χ4n) is 0.825. The zero-order valence-corrected chi connectivity index (χ0v) is 7.19. The minimum atomic E-state index is -0.959. The molecule has 1 heterocycles. The van der Waals surface area contributed by atoms with Crippen LogP contribution in [-0.2, 0) is 11.3 Å². The van der Waals surface area contributed by atoms with Crippen LogP contribution in [0.15, 0.2) is 6.20 Å². The van der Waals surface area contributed by atoms with Crippen LogP contribution in [0.1, 0.15) is 18.0 Å². The molecule has 12 heavy (non-hydrogen) atoms. The molecule has 0 saturated carbocycles. The molecule has 1 rings (SSSR count). The normalized spacial score (nSPS) is 12.8. The van der Waals surface area contributed by atoms with Gasteiger partial charge in [-0.25, -0.2) is 4.68 Å². The summed E-state index contributed by atoms with van der Waals surface area (Å²) in [6.07, 6.45) is 1.46. The third-order valence-corrected chi connectivity index (χ3v) is 1.56. The van der Waals surface area contributed by atoms with Gasteiger partial charge in [0, 0.05) is 0 Å². The molecule has 5 nitrogen and oxygen atoms in total. The Morgan fingerprint density at radius 1 is 1.92 bits per heavy atom. The van der Waals surface area contributed by atoms with Crippen molar-refractivity contribution >= 4 is 17.6 Å². The SMILES string of the molecule is CC(Cl)c1cnnn1CC(=O)O. The van der Waals surface area contributed by atoms with Crippen LogP contribution in [0.25, 0.3) is 0 Å². The second kappa shape index (κ2) is 3.53. The molecule has 0 bridgehead atoms. The Labute approximate surface area is 73.9 Å². The number of aromatic nitrogens is 3. The molecule has 0 radical (unpaired) electrons. The fraction of sp³-hybridized carbons (Fsp3) is 0.500. The quantitative estimate of drug-likeness (QED) is 0.710. The lowest BCUT2D eigenvalue weighted by molar-refractivity contribution is -0.137. The number of nitrogens with zero attached hydrogens (tertiary/aromatic N) is 3.